The molecule has 76 valence electrons. The van der Waals surface area contributed by atoms with Gasteiger partial charge in [0.2, 0.25) is 0 Å². The van der Waals surface area contributed by atoms with Gasteiger partial charge in [-0.05, 0) is 36.8 Å². The highest BCUT2D eigenvalue weighted by atomic mass is 14.9. The molecule has 0 amide bonds. The van der Waals surface area contributed by atoms with Gasteiger partial charge in [0.05, 0.1) is 0 Å². The molecule has 1 aliphatic heterocycles. The molecule has 1 N–H and O–H groups in total. The Hall–Kier alpha value is -0.980. The lowest BCUT2D eigenvalue weighted by atomic mass is 10.0. The fourth-order valence-corrected chi connectivity index (χ4v) is 2.08. The number of rotatable bonds is 3. The largest absolute Gasteiger partial charge is 0.382 e. The van der Waals surface area contributed by atoms with Crippen molar-refractivity contribution < 1.29 is 0 Å². The number of hydrogen-bond acceptors (Lipinski definition) is 1. The first-order valence-electron chi connectivity index (χ1n) is 5.60. The number of para-hydroxylation sites is 1. The molecule has 14 heavy (non-hydrogen) atoms. The minimum Gasteiger partial charge on any atom is -0.382 e. The summed E-state index contributed by atoms with van der Waals surface area (Å²) < 4.78 is 0. The van der Waals surface area contributed by atoms with E-state index in [2.05, 4.69) is 43.4 Å². The van der Waals surface area contributed by atoms with Crippen molar-refractivity contribution in [1.82, 2.24) is 0 Å². The van der Waals surface area contributed by atoms with Crippen LogP contribution in [0, 0.1) is 5.92 Å². The maximum absolute atomic E-state index is 3.59. The molecule has 0 spiro atoms. The van der Waals surface area contributed by atoms with Gasteiger partial charge in [0.1, 0.15) is 0 Å². The van der Waals surface area contributed by atoms with Crippen LogP contribution in [0.1, 0.15) is 32.3 Å². The molecular weight excluding hydrogens is 170 g/mol. The predicted molar refractivity (Wildman–Crippen MR) is 61.6 cm³/mol. The number of anilines is 1. The van der Waals surface area contributed by atoms with Crippen LogP contribution in [0.2, 0.25) is 0 Å². The lowest BCUT2D eigenvalue weighted by Crippen LogP contribution is -2.15. The SMILES string of the molecule is CC(C)CCC1Cc2ccccc2N1. The Labute approximate surface area is 86.5 Å². The molecule has 1 atom stereocenters. The van der Waals surface area contributed by atoms with E-state index in [9.17, 15) is 0 Å². The van der Waals surface area contributed by atoms with Crippen molar-refractivity contribution in [2.24, 2.45) is 5.92 Å². The molecule has 0 aliphatic carbocycles. The van der Waals surface area contributed by atoms with Crippen LogP contribution < -0.4 is 5.32 Å². The standard InChI is InChI=1S/C13H19N/c1-10(2)7-8-12-9-11-5-3-4-6-13(11)14-12/h3-6,10,12,14H,7-9H2,1-2H3. The minimum absolute atomic E-state index is 0.676. The third-order valence-electron chi connectivity index (χ3n) is 2.94. The lowest BCUT2D eigenvalue weighted by molar-refractivity contribution is 0.518. The zero-order chi connectivity index (χ0) is 9.97. The highest BCUT2D eigenvalue weighted by Gasteiger charge is 2.19. The third-order valence-corrected chi connectivity index (χ3v) is 2.94. The minimum atomic E-state index is 0.676. The van der Waals surface area contributed by atoms with E-state index in [0.717, 1.165) is 5.92 Å². The number of benzene rings is 1. The van der Waals surface area contributed by atoms with E-state index >= 15 is 0 Å². The Morgan fingerprint density at radius 1 is 1.36 bits per heavy atom. The Balaban J connectivity index is 1.92. The summed E-state index contributed by atoms with van der Waals surface area (Å²) in [5, 5.41) is 3.59. The predicted octanol–water partition coefficient (Wildman–Crippen LogP) is 3.46. The molecule has 0 saturated carbocycles. The van der Waals surface area contributed by atoms with Gasteiger partial charge in [0.15, 0.2) is 0 Å². The molecule has 1 unspecified atom stereocenters. The first-order chi connectivity index (χ1) is 6.75. The molecule has 1 heteroatoms. The molecule has 0 saturated heterocycles. The Bertz CT molecular complexity index is 279. The van der Waals surface area contributed by atoms with Crippen LogP contribution in [0.3, 0.4) is 0 Å². The first-order valence-corrected chi connectivity index (χ1v) is 5.60. The molecule has 1 aliphatic rings. The second-order valence-electron chi connectivity index (χ2n) is 4.67. The van der Waals surface area contributed by atoms with Crippen molar-refractivity contribution >= 4 is 5.69 Å². The average Bonchev–Trinajstić information content (AvgIpc) is 2.57. The molecule has 0 bridgehead atoms. The normalized spacial score (nSPS) is 19.5. The molecule has 2 rings (SSSR count). The van der Waals surface area contributed by atoms with E-state index in [-0.39, 0.29) is 0 Å². The van der Waals surface area contributed by atoms with Gasteiger partial charge in [-0.1, -0.05) is 32.0 Å². The van der Waals surface area contributed by atoms with Gasteiger partial charge in [-0.2, -0.15) is 0 Å². The van der Waals surface area contributed by atoms with Gasteiger partial charge >= 0.3 is 0 Å². The van der Waals surface area contributed by atoms with Crippen molar-refractivity contribution in [3.8, 4) is 0 Å². The Morgan fingerprint density at radius 3 is 2.86 bits per heavy atom. The molecule has 0 fully saturated rings. The van der Waals surface area contributed by atoms with Gasteiger partial charge in [-0.25, -0.2) is 0 Å². The van der Waals surface area contributed by atoms with Crippen LogP contribution in [-0.4, -0.2) is 6.04 Å². The molecule has 1 heterocycles. The zero-order valence-corrected chi connectivity index (χ0v) is 9.09. The van der Waals surface area contributed by atoms with Crippen molar-refractivity contribution in [3.63, 3.8) is 0 Å². The third kappa shape index (κ3) is 2.09. The van der Waals surface area contributed by atoms with E-state index in [4.69, 9.17) is 0 Å². The molecular formula is C13H19N. The maximum atomic E-state index is 3.59. The van der Waals surface area contributed by atoms with E-state index in [1.165, 1.54) is 30.5 Å². The first kappa shape index (κ1) is 9.57. The second kappa shape index (κ2) is 4.04. The Kier molecular flexibility index (Phi) is 2.76. The van der Waals surface area contributed by atoms with Gasteiger partial charge in [0, 0.05) is 11.7 Å². The van der Waals surface area contributed by atoms with E-state index in [1.54, 1.807) is 0 Å². The smallest absolute Gasteiger partial charge is 0.0375 e. The second-order valence-corrected chi connectivity index (χ2v) is 4.67. The van der Waals surface area contributed by atoms with Crippen LogP contribution in [0.5, 0.6) is 0 Å². The summed E-state index contributed by atoms with van der Waals surface area (Å²) in [6.45, 7) is 4.59. The van der Waals surface area contributed by atoms with E-state index < -0.39 is 0 Å². The monoisotopic (exact) mass is 189 g/mol. The Morgan fingerprint density at radius 2 is 2.14 bits per heavy atom. The van der Waals surface area contributed by atoms with Crippen LogP contribution >= 0.6 is 0 Å². The van der Waals surface area contributed by atoms with E-state index in [0.29, 0.717) is 6.04 Å². The average molecular weight is 189 g/mol. The summed E-state index contributed by atoms with van der Waals surface area (Å²) in [6.07, 6.45) is 3.83. The lowest BCUT2D eigenvalue weighted by Gasteiger charge is -2.12. The van der Waals surface area contributed by atoms with Crippen molar-refractivity contribution in [2.45, 2.75) is 39.2 Å². The van der Waals surface area contributed by atoms with Gasteiger partial charge in [0.25, 0.3) is 0 Å². The molecule has 1 aromatic rings. The summed E-state index contributed by atoms with van der Waals surface area (Å²) in [5.74, 6) is 0.820. The van der Waals surface area contributed by atoms with Crippen LogP contribution in [0.15, 0.2) is 24.3 Å². The number of hydrogen-bond donors (Lipinski definition) is 1. The van der Waals surface area contributed by atoms with Crippen LogP contribution in [0.4, 0.5) is 5.69 Å². The summed E-state index contributed by atoms with van der Waals surface area (Å²) in [7, 11) is 0. The van der Waals surface area contributed by atoms with Crippen molar-refractivity contribution in [3.05, 3.63) is 29.8 Å². The summed E-state index contributed by atoms with van der Waals surface area (Å²) >= 11 is 0. The number of fused-ring (bicyclic) bond motifs is 1. The summed E-state index contributed by atoms with van der Waals surface area (Å²) in [4.78, 5) is 0. The summed E-state index contributed by atoms with van der Waals surface area (Å²) in [5.41, 5.74) is 2.84. The van der Waals surface area contributed by atoms with Gasteiger partial charge in [-0.3, -0.25) is 0 Å². The van der Waals surface area contributed by atoms with E-state index in [1.807, 2.05) is 0 Å². The molecule has 1 aromatic carbocycles. The zero-order valence-electron chi connectivity index (χ0n) is 9.09. The highest BCUT2D eigenvalue weighted by Crippen LogP contribution is 2.27. The fourth-order valence-electron chi connectivity index (χ4n) is 2.08. The fraction of sp³-hybridized carbons (Fsp3) is 0.538. The molecule has 0 radical (unpaired) electrons. The van der Waals surface area contributed by atoms with Crippen molar-refractivity contribution in [2.75, 3.05) is 5.32 Å². The number of nitrogens with one attached hydrogen (secondary N) is 1. The van der Waals surface area contributed by atoms with Crippen LogP contribution in [0.25, 0.3) is 0 Å². The summed E-state index contributed by atoms with van der Waals surface area (Å²) in [6, 6.07) is 9.33. The van der Waals surface area contributed by atoms with Gasteiger partial charge < -0.3 is 5.32 Å². The topological polar surface area (TPSA) is 12.0 Å². The van der Waals surface area contributed by atoms with Gasteiger partial charge in [-0.15, -0.1) is 0 Å². The van der Waals surface area contributed by atoms with Crippen LogP contribution in [-0.2, 0) is 6.42 Å². The highest BCUT2D eigenvalue weighted by molar-refractivity contribution is 5.56. The molecule has 0 aromatic heterocycles. The van der Waals surface area contributed by atoms with Crippen molar-refractivity contribution in [1.29, 1.82) is 0 Å². The molecule has 1 nitrogen and oxygen atoms in total. The maximum Gasteiger partial charge on any atom is 0.0375 e. The quantitative estimate of drug-likeness (QED) is 0.767.